The first-order chi connectivity index (χ1) is 16.8. The molecule has 3 aromatic rings. The van der Waals surface area contributed by atoms with Gasteiger partial charge >= 0.3 is 0 Å². The summed E-state index contributed by atoms with van der Waals surface area (Å²) in [6.45, 7) is 2.20. The predicted octanol–water partition coefficient (Wildman–Crippen LogP) is 2.51. The van der Waals surface area contributed by atoms with E-state index in [0.717, 1.165) is 18.4 Å². The van der Waals surface area contributed by atoms with Crippen LogP contribution in [0.25, 0.3) is 10.9 Å². The number of H-pyrrole nitrogens is 1. The second-order valence-corrected chi connectivity index (χ2v) is 11.5. The lowest BCUT2D eigenvalue weighted by atomic mass is 10.1. The van der Waals surface area contributed by atoms with Crippen LogP contribution in [0.3, 0.4) is 0 Å². The molecule has 0 spiro atoms. The van der Waals surface area contributed by atoms with E-state index in [1.165, 1.54) is 0 Å². The van der Waals surface area contributed by atoms with Gasteiger partial charge in [-0.2, -0.15) is 10.4 Å². The number of anilines is 2. The van der Waals surface area contributed by atoms with Crippen LogP contribution in [0.5, 0.6) is 0 Å². The maximum Gasteiger partial charge on any atom is 0.261 e. The summed E-state index contributed by atoms with van der Waals surface area (Å²) in [6, 6.07) is 9.22. The number of hydrogen-bond donors (Lipinski definition) is 2. The summed E-state index contributed by atoms with van der Waals surface area (Å²) in [7, 11) is -3.07. The van der Waals surface area contributed by atoms with E-state index in [2.05, 4.69) is 16.4 Å². The molecule has 1 saturated carbocycles. The minimum Gasteiger partial charge on any atom is -0.338 e. The van der Waals surface area contributed by atoms with Crippen molar-refractivity contribution in [3.05, 3.63) is 51.9 Å². The van der Waals surface area contributed by atoms with Crippen molar-refractivity contribution in [1.82, 2.24) is 19.7 Å². The Morgan fingerprint density at radius 1 is 1.29 bits per heavy atom. The highest BCUT2D eigenvalue weighted by atomic mass is 32.2. The van der Waals surface area contributed by atoms with Gasteiger partial charge in [-0.25, -0.2) is 8.42 Å². The summed E-state index contributed by atoms with van der Waals surface area (Å²) in [4.78, 5) is 29.9. The SMILES string of the molecule is Cc1cc(Nc2nn(C(CC#N)C3CC3)c3cc[nH]c(=O)c23)ccc1C(=O)N1CCS(=O)(=O)CC1. The summed E-state index contributed by atoms with van der Waals surface area (Å²) in [5.41, 5.74) is 2.30. The fourth-order valence-electron chi connectivity index (χ4n) is 4.67. The molecule has 1 aliphatic carbocycles. The highest BCUT2D eigenvalue weighted by Crippen LogP contribution is 2.43. The van der Waals surface area contributed by atoms with Gasteiger partial charge in [-0.15, -0.1) is 0 Å². The monoisotopic (exact) mass is 494 g/mol. The number of nitrogens with zero attached hydrogens (tertiary/aromatic N) is 4. The number of hydrogen-bond acceptors (Lipinski definition) is 7. The highest BCUT2D eigenvalue weighted by molar-refractivity contribution is 7.91. The summed E-state index contributed by atoms with van der Waals surface area (Å²) in [5, 5.41) is 17.7. The van der Waals surface area contributed by atoms with Crippen LogP contribution in [0.4, 0.5) is 11.5 Å². The Morgan fingerprint density at radius 2 is 2.03 bits per heavy atom. The molecule has 1 aliphatic heterocycles. The fraction of sp³-hybridized carbons (Fsp3) is 0.417. The lowest BCUT2D eigenvalue weighted by Crippen LogP contribution is -2.43. The van der Waals surface area contributed by atoms with Crippen LogP contribution in [0.1, 0.15) is 41.2 Å². The van der Waals surface area contributed by atoms with Crippen molar-refractivity contribution in [3.63, 3.8) is 0 Å². The molecule has 1 aromatic carbocycles. The molecule has 11 heteroatoms. The normalized spacial score (nSPS) is 18.2. The molecule has 5 rings (SSSR count). The molecule has 1 amide bonds. The third-order valence-corrected chi connectivity index (χ3v) is 8.37. The van der Waals surface area contributed by atoms with Gasteiger partial charge < -0.3 is 15.2 Å². The summed E-state index contributed by atoms with van der Waals surface area (Å²) < 4.78 is 25.2. The number of fused-ring (bicyclic) bond motifs is 1. The van der Waals surface area contributed by atoms with Crippen LogP contribution < -0.4 is 10.9 Å². The van der Waals surface area contributed by atoms with Gasteiger partial charge in [0.2, 0.25) is 0 Å². The number of aromatic nitrogens is 3. The standard InChI is InChI=1S/C24H26N6O4S/c1-15-14-17(4-5-18(15)24(32)29-10-12-35(33,34)13-11-29)27-22-21-20(7-9-26-23(21)31)30(28-22)19(6-8-25)16-2-3-16/h4-5,7,9,14,16,19H,2-3,6,10-13H2,1H3,(H,26,31)(H,27,28). The molecule has 182 valence electrons. The molecular weight excluding hydrogens is 468 g/mol. The number of rotatable bonds is 6. The zero-order chi connectivity index (χ0) is 24.7. The molecule has 0 bridgehead atoms. The zero-order valence-electron chi connectivity index (χ0n) is 19.3. The van der Waals surface area contributed by atoms with E-state index in [0.29, 0.717) is 40.3 Å². The molecule has 2 N–H and O–H groups in total. The van der Waals surface area contributed by atoms with Crippen LogP contribution in [0, 0.1) is 24.2 Å². The first-order valence-electron chi connectivity index (χ1n) is 11.6. The van der Waals surface area contributed by atoms with Crippen LogP contribution in [-0.4, -0.2) is 58.6 Å². The van der Waals surface area contributed by atoms with Crippen molar-refractivity contribution in [3.8, 4) is 6.07 Å². The van der Waals surface area contributed by atoms with E-state index in [-0.39, 0.29) is 42.1 Å². The van der Waals surface area contributed by atoms with Gasteiger partial charge in [0.15, 0.2) is 15.7 Å². The lowest BCUT2D eigenvalue weighted by Gasteiger charge is -2.27. The van der Waals surface area contributed by atoms with Crippen molar-refractivity contribution in [1.29, 1.82) is 5.26 Å². The van der Waals surface area contributed by atoms with Crippen molar-refractivity contribution < 1.29 is 13.2 Å². The molecule has 10 nitrogen and oxygen atoms in total. The Kier molecular flexibility index (Phi) is 5.84. The summed E-state index contributed by atoms with van der Waals surface area (Å²) in [5.74, 6) is 0.538. The molecule has 35 heavy (non-hydrogen) atoms. The molecule has 3 heterocycles. The zero-order valence-corrected chi connectivity index (χ0v) is 20.1. The van der Waals surface area contributed by atoms with Crippen molar-refractivity contribution in [2.24, 2.45) is 5.92 Å². The van der Waals surface area contributed by atoms with Crippen LogP contribution in [0.2, 0.25) is 0 Å². The summed E-state index contributed by atoms with van der Waals surface area (Å²) >= 11 is 0. The number of nitrogens with one attached hydrogen (secondary N) is 2. The third-order valence-electron chi connectivity index (χ3n) is 6.76. The number of aromatic amines is 1. The number of benzene rings is 1. The maximum absolute atomic E-state index is 13.0. The maximum atomic E-state index is 13.0. The van der Waals surface area contributed by atoms with Gasteiger partial charge in [0, 0.05) is 30.5 Å². The summed E-state index contributed by atoms with van der Waals surface area (Å²) in [6.07, 6.45) is 3.98. The fourth-order valence-corrected chi connectivity index (χ4v) is 5.87. The largest absolute Gasteiger partial charge is 0.338 e. The van der Waals surface area contributed by atoms with Crippen molar-refractivity contribution in [2.45, 2.75) is 32.2 Å². The van der Waals surface area contributed by atoms with Gasteiger partial charge in [0.25, 0.3) is 11.5 Å². The number of pyridine rings is 1. The Hall–Kier alpha value is -3.65. The van der Waals surface area contributed by atoms with Crippen molar-refractivity contribution >= 4 is 38.2 Å². The van der Waals surface area contributed by atoms with E-state index in [1.54, 1.807) is 34.0 Å². The molecule has 2 aromatic heterocycles. The van der Waals surface area contributed by atoms with Crippen molar-refractivity contribution in [2.75, 3.05) is 29.9 Å². The Bertz CT molecular complexity index is 1500. The number of amides is 1. The van der Waals surface area contributed by atoms with Gasteiger partial charge in [-0.3, -0.25) is 14.3 Å². The van der Waals surface area contributed by atoms with Gasteiger partial charge in [-0.1, -0.05) is 0 Å². The minimum absolute atomic E-state index is 0.0185. The molecular formula is C24H26N6O4S. The average molecular weight is 495 g/mol. The second kappa shape index (κ2) is 8.85. The van der Waals surface area contributed by atoms with E-state index in [4.69, 9.17) is 5.10 Å². The molecule has 1 atom stereocenters. The second-order valence-electron chi connectivity index (χ2n) is 9.23. The quantitative estimate of drug-likeness (QED) is 0.536. The lowest BCUT2D eigenvalue weighted by molar-refractivity contribution is 0.0769. The van der Waals surface area contributed by atoms with Gasteiger partial charge in [0.1, 0.15) is 5.39 Å². The number of nitriles is 1. The average Bonchev–Trinajstić information content (AvgIpc) is 3.59. The highest BCUT2D eigenvalue weighted by Gasteiger charge is 2.34. The molecule has 1 saturated heterocycles. The van der Waals surface area contributed by atoms with Crippen LogP contribution >= 0.6 is 0 Å². The molecule has 0 radical (unpaired) electrons. The van der Waals surface area contributed by atoms with Gasteiger partial charge in [0.05, 0.1) is 35.6 Å². The van der Waals surface area contributed by atoms with E-state index in [9.17, 15) is 23.3 Å². The Balaban J connectivity index is 1.44. The van der Waals surface area contributed by atoms with Crippen LogP contribution in [-0.2, 0) is 9.84 Å². The van der Waals surface area contributed by atoms with Crippen LogP contribution in [0.15, 0.2) is 35.3 Å². The van der Waals surface area contributed by atoms with E-state index in [1.807, 2.05) is 13.0 Å². The first-order valence-corrected chi connectivity index (χ1v) is 13.4. The first kappa shape index (κ1) is 23.1. The molecule has 2 aliphatic rings. The number of carbonyl (C=O) groups excluding carboxylic acids is 1. The topological polar surface area (TPSA) is 141 Å². The smallest absolute Gasteiger partial charge is 0.261 e. The Morgan fingerprint density at radius 3 is 2.69 bits per heavy atom. The molecule has 1 unspecified atom stereocenters. The number of sulfone groups is 1. The predicted molar refractivity (Wildman–Crippen MR) is 131 cm³/mol. The van der Waals surface area contributed by atoms with E-state index < -0.39 is 9.84 Å². The van der Waals surface area contributed by atoms with E-state index >= 15 is 0 Å². The Labute approximate surface area is 202 Å². The molecule has 2 fully saturated rings. The third kappa shape index (κ3) is 4.53. The minimum atomic E-state index is -3.07. The number of aryl methyl sites for hydroxylation is 1. The van der Waals surface area contributed by atoms with Gasteiger partial charge in [-0.05, 0) is 55.5 Å². The number of carbonyl (C=O) groups is 1.